The Hall–Kier alpha value is -3.79. The van der Waals surface area contributed by atoms with Crippen LogP contribution in [0.15, 0.2) is 95.7 Å². The topological polar surface area (TPSA) is 59.2 Å². The van der Waals surface area contributed by atoms with E-state index in [-0.39, 0.29) is 20.1 Å². The molecule has 0 aliphatic carbocycles. The molecule has 0 spiro atoms. The summed E-state index contributed by atoms with van der Waals surface area (Å²) >= 11 is 0. The smallest absolute Gasteiger partial charge is 0.127 e. The fourth-order valence-corrected chi connectivity index (χ4v) is 4.50. The number of benzene rings is 3. The Bertz CT molecular complexity index is 1690. The number of aromatic hydroxyl groups is 1. The average molecular weight is 678 g/mol. The van der Waals surface area contributed by atoms with Crippen molar-refractivity contribution in [2.75, 3.05) is 0 Å². The SMILES string of the molecule is CC(C)c1ccnc(-c2[c-]ccc3c2oc2ccccc23)c1.Cc1cc(C)c(O)c(-c2ccccn2)c1.[Ir]. The van der Waals surface area contributed by atoms with Crippen LogP contribution < -0.4 is 0 Å². The number of pyridine rings is 2. The van der Waals surface area contributed by atoms with Gasteiger partial charge in [0.25, 0.3) is 0 Å². The molecule has 193 valence electrons. The first-order chi connectivity index (χ1) is 17.9. The van der Waals surface area contributed by atoms with Gasteiger partial charge < -0.3 is 14.5 Å². The number of nitrogens with zero attached hydrogens (tertiary/aromatic N) is 2. The van der Waals surface area contributed by atoms with Gasteiger partial charge in [-0.05, 0) is 66.9 Å². The summed E-state index contributed by atoms with van der Waals surface area (Å²) in [5, 5.41) is 12.2. The first kappa shape index (κ1) is 27.2. The van der Waals surface area contributed by atoms with Gasteiger partial charge in [0, 0.05) is 43.4 Å². The Morgan fingerprint density at radius 1 is 0.816 bits per heavy atom. The van der Waals surface area contributed by atoms with Gasteiger partial charge in [0.15, 0.2) is 0 Å². The molecule has 3 aromatic carbocycles. The molecule has 4 nitrogen and oxygen atoms in total. The van der Waals surface area contributed by atoms with E-state index < -0.39 is 0 Å². The molecule has 0 fully saturated rings. The number of fused-ring (bicyclic) bond motifs is 3. The largest absolute Gasteiger partial charge is 0.507 e. The summed E-state index contributed by atoms with van der Waals surface area (Å²) in [5.74, 6) is 0.788. The molecule has 5 heteroatoms. The molecule has 0 aliphatic heterocycles. The summed E-state index contributed by atoms with van der Waals surface area (Å²) in [6.07, 6.45) is 3.59. The van der Waals surface area contributed by atoms with Crippen LogP contribution in [0.2, 0.25) is 0 Å². The molecule has 6 aromatic rings. The summed E-state index contributed by atoms with van der Waals surface area (Å²) in [6, 6.07) is 29.2. The minimum Gasteiger partial charge on any atom is -0.507 e. The van der Waals surface area contributed by atoms with Crippen LogP contribution in [0.3, 0.4) is 0 Å². The van der Waals surface area contributed by atoms with Gasteiger partial charge in [-0.2, -0.15) is 0 Å². The molecule has 0 aliphatic rings. The van der Waals surface area contributed by atoms with Crippen molar-refractivity contribution in [3.63, 3.8) is 0 Å². The molecule has 38 heavy (non-hydrogen) atoms. The predicted molar refractivity (Wildman–Crippen MR) is 151 cm³/mol. The Balaban J connectivity index is 0.000000185. The molecule has 6 rings (SSSR count). The van der Waals surface area contributed by atoms with E-state index in [1.807, 2.05) is 74.6 Å². The standard InChI is InChI=1S/C20H16NO.C13H13NO.Ir/c1-13(2)14-10-11-21-18(12-14)17-8-5-7-16-15-6-3-4-9-19(15)22-20(16)17;1-9-7-10(2)13(15)11(8-9)12-5-3-4-6-14-12;/h3-7,9-13H,1-2H3;3-8,15H,1-2H3;/q-1;;. The zero-order valence-corrected chi connectivity index (χ0v) is 24.2. The Morgan fingerprint density at radius 2 is 1.58 bits per heavy atom. The summed E-state index contributed by atoms with van der Waals surface area (Å²) in [7, 11) is 0. The number of phenols is 1. The summed E-state index contributed by atoms with van der Waals surface area (Å²) in [6.45, 7) is 8.28. The number of para-hydroxylation sites is 1. The van der Waals surface area contributed by atoms with Gasteiger partial charge in [0.2, 0.25) is 0 Å². The molecular formula is C33H29IrN2O2-. The number of hydrogen-bond donors (Lipinski definition) is 1. The van der Waals surface area contributed by atoms with Crippen molar-refractivity contribution in [3.05, 3.63) is 114 Å². The Labute approximate surface area is 236 Å². The predicted octanol–water partition coefficient (Wildman–Crippen LogP) is 8.64. The molecule has 1 radical (unpaired) electrons. The van der Waals surface area contributed by atoms with Crippen molar-refractivity contribution in [1.29, 1.82) is 0 Å². The monoisotopic (exact) mass is 678 g/mol. The molecule has 0 saturated heterocycles. The van der Waals surface area contributed by atoms with E-state index >= 15 is 0 Å². The Kier molecular flexibility index (Phi) is 8.41. The van der Waals surface area contributed by atoms with Crippen molar-refractivity contribution in [1.82, 2.24) is 9.97 Å². The van der Waals surface area contributed by atoms with E-state index in [1.54, 1.807) is 6.20 Å². The van der Waals surface area contributed by atoms with E-state index in [2.05, 4.69) is 54.1 Å². The van der Waals surface area contributed by atoms with Crippen LogP contribution in [-0.4, -0.2) is 15.1 Å². The second kappa shape index (κ2) is 11.7. The summed E-state index contributed by atoms with van der Waals surface area (Å²) in [4.78, 5) is 8.75. The van der Waals surface area contributed by atoms with Crippen molar-refractivity contribution in [2.45, 2.75) is 33.6 Å². The van der Waals surface area contributed by atoms with E-state index in [0.29, 0.717) is 11.7 Å². The van der Waals surface area contributed by atoms with Gasteiger partial charge in [-0.3, -0.25) is 4.98 Å². The van der Waals surface area contributed by atoms with Crippen molar-refractivity contribution < 1.29 is 29.6 Å². The minimum absolute atomic E-state index is 0. The number of phenolic OH excluding ortho intramolecular Hbond substituents is 1. The van der Waals surface area contributed by atoms with E-state index in [9.17, 15) is 5.11 Å². The van der Waals surface area contributed by atoms with Crippen molar-refractivity contribution in [3.8, 4) is 28.3 Å². The van der Waals surface area contributed by atoms with Crippen LogP contribution >= 0.6 is 0 Å². The molecule has 1 N–H and O–H groups in total. The molecule has 0 bridgehead atoms. The number of rotatable bonds is 3. The Morgan fingerprint density at radius 3 is 2.34 bits per heavy atom. The molecule has 3 aromatic heterocycles. The molecular weight excluding hydrogens is 649 g/mol. The van der Waals surface area contributed by atoms with Gasteiger partial charge in [0.05, 0.1) is 11.3 Å². The fourth-order valence-electron chi connectivity index (χ4n) is 4.50. The van der Waals surface area contributed by atoms with Crippen molar-refractivity contribution >= 4 is 21.9 Å². The minimum atomic E-state index is 0. The van der Waals surface area contributed by atoms with Crippen LogP contribution in [0.25, 0.3) is 44.5 Å². The third kappa shape index (κ3) is 5.55. The quantitative estimate of drug-likeness (QED) is 0.191. The number of aromatic nitrogens is 2. The number of hydrogen-bond acceptors (Lipinski definition) is 4. The second-order valence-corrected chi connectivity index (χ2v) is 9.52. The van der Waals surface area contributed by atoms with Crippen molar-refractivity contribution in [2.24, 2.45) is 0 Å². The van der Waals surface area contributed by atoms with Gasteiger partial charge in [-0.15, -0.1) is 18.2 Å². The van der Waals surface area contributed by atoms with Crippen LogP contribution in [0.1, 0.15) is 36.5 Å². The maximum Gasteiger partial charge on any atom is 0.127 e. The third-order valence-corrected chi connectivity index (χ3v) is 6.43. The molecule has 3 heterocycles. The van der Waals surface area contributed by atoms with Gasteiger partial charge in [-0.1, -0.05) is 66.8 Å². The summed E-state index contributed by atoms with van der Waals surface area (Å²) in [5.41, 5.74) is 8.49. The van der Waals surface area contributed by atoms with Gasteiger partial charge in [0.1, 0.15) is 11.3 Å². The van der Waals surface area contributed by atoms with Crippen LogP contribution in [0.5, 0.6) is 5.75 Å². The normalized spacial score (nSPS) is 10.8. The van der Waals surface area contributed by atoms with Crippen LogP contribution in [0.4, 0.5) is 0 Å². The number of aryl methyl sites for hydroxylation is 2. The van der Waals surface area contributed by atoms with E-state index in [1.165, 1.54) is 5.56 Å². The molecule has 0 saturated carbocycles. The van der Waals surface area contributed by atoms with E-state index in [4.69, 9.17) is 4.42 Å². The zero-order chi connectivity index (χ0) is 25.9. The molecule has 0 amide bonds. The first-order valence-corrected chi connectivity index (χ1v) is 12.4. The second-order valence-electron chi connectivity index (χ2n) is 9.52. The average Bonchev–Trinajstić information content (AvgIpc) is 3.30. The maximum atomic E-state index is 9.94. The zero-order valence-electron chi connectivity index (χ0n) is 21.8. The summed E-state index contributed by atoms with van der Waals surface area (Å²) < 4.78 is 6.07. The van der Waals surface area contributed by atoms with Crippen LogP contribution in [-0.2, 0) is 20.1 Å². The molecule has 0 unspecified atom stereocenters. The van der Waals surface area contributed by atoms with Crippen LogP contribution in [0, 0.1) is 19.9 Å². The number of furan rings is 1. The fraction of sp³-hybridized carbons (Fsp3) is 0.152. The molecule has 0 atom stereocenters. The van der Waals surface area contributed by atoms with Gasteiger partial charge >= 0.3 is 0 Å². The third-order valence-electron chi connectivity index (χ3n) is 6.43. The maximum absolute atomic E-state index is 9.94. The first-order valence-electron chi connectivity index (χ1n) is 12.4. The van der Waals surface area contributed by atoms with E-state index in [0.717, 1.165) is 55.6 Å². The van der Waals surface area contributed by atoms with Gasteiger partial charge in [-0.25, -0.2) is 0 Å².